The molecule has 1 aliphatic heterocycles. The molecular formula is C34H42N8O4. The fourth-order valence-corrected chi connectivity index (χ4v) is 5.54. The Morgan fingerprint density at radius 1 is 0.891 bits per heavy atom. The number of carbonyl (C=O) groups excluding carboxylic acids is 3. The molecule has 46 heavy (non-hydrogen) atoms. The highest BCUT2D eigenvalue weighted by molar-refractivity contribution is 5.88. The van der Waals surface area contributed by atoms with Crippen molar-refractivity contribution < 1.29 is 19.1 Å². The smallest absolute Gasteiger partial charge is 0.407 e. The quantitative estimate of drug-likeness (QED) is 0.159. The van der Waals surface area contributed by atoms with Crippen molar-refractivity contribution in [2.24, 2.45) is 5.92 Å². The number of likely N-dealkylation sites (tertiary alicyclic amines) is 1. The van der Waals surface area contributed by atoms with Gasteiger partial charge in [-0.2, -0.15) is 0 Å². The molecule has 0 radical (unpaired) electrons. The molecule has 4 aromatic rings. The van der Waals surface area contributed by atoms with Crippen molar-refractivity contribution in [3.63, 3.8) is 0 Å². The first-order chi connectivity index (χ1) is 21.9. The van der Waals surface area contributed by atoms with Crippen molar-refractivity contribution in [1.82, 2.24) is 35.5 Å². The van der Waals surface area contributed by atoms with Gasteiger partial charge in [-0.1, -0.05) is 62.4 Å². The van der Waals surface area contributed by atoms with Crippen LogP contribution in [0.25, 0.3) is 33.6 Å². The van der Waals surface area contributed by atoms with Crippen LogP contribution in [0, 0.1) is 5.92 Å². The van der Waals surface area contributed by atoms with Gasteiger partial charge in [0.1, 0.15) is 11.9 Å². The highest BCUT2D eigenvalue weighted by Gasteiger charge is 2.37. The van der Waals surface area contributed by atoms with Crippen molar-refractivity contribution in [1.29, 1.82) is 0 Å². The minimum Gasteiger partial charge on any atom is -0.453 e. The van der Waals surface area contributed by atoms with E-state index < -0.39 is 12.1 Å². The second-order valence-electron chi connectivity index (χ2n) is 12.9. The maximum absolute atomic E-state index is 13.4. The van der Waals surface area contributed by atoms with Crippen LogP contribution < -0.4 is 16.0 Å². The van der Waals surface area contributed by atoms with Gasteiger partial charge in [-0.05, 0) is 61.8 Å². The van der Waals surface area contributed by atoms with Crippen molar-refractivity contribution in [3.8, 4) is 33.6 Å². The molecular weight excluding hydrogens is 584 g/mol. The molecule has 1 aliphatic rings. The van der Waals surface area contributed by atoms with Crippen LogP contribution in [-0.4, -0.2) is 68.1 Å². The van der Waals surface area contributed by atoms with Gasteiger partial charge in [0.25, 0.3) is 0 Å². The van der Waals surface area contributed by atoms with Crippen LogP contribution in [0.4, 0.5) is 15.5 Å². The van der Waals surface area contributed by atoms with Gasteiger partial charge in [0.05, 0.1) is 36.9 Å². The molecule has 0 aliphatic carbocycles. The molecule has 0 unspecified atom stereocenters. The zero-order valence-corrected chi connectivity index (χ0v) is 27.1. The molecule has 3 heterocycles. The normalized spacial score (nSPS) is 15.5. The summed E-state index contributed by atoms with van der Waals surface area (Å²) in [5.74, 6) is 0.877. The number of amides is 4. The number of methoxy groups -OCH3 is 1. The van der Waals surface area contributed by atoms with E-state index in [0.717, 1.165) is 52.3 Å². The Hall–Kier alpha value is -5.13. The molecule has 12 heteroatoms. The van der Waals surface area contributed by atoms with E-state index in [2.05, 4.69) is 48.0 Å². The van der Waals surface area contributed by atoms with E-state index in [1.165, 1.54) is 7.11 Å². The Morgan fingerprint density at radius 3 is 2.02 bits per heavy atom. The Bertz CT molecular complexity index is 1670. The lowest BCUT2D eigenvalue weighted by Crippen LogP contribution is -2.51. The van der Waals surface area contributed by atoms with Crippen molar-refractivity contribution in [2.45, 2.75) is 65.1 Å². The summed E-state index contributed by atoms with van der Waals surface area (Å²) >= 11 is 0. The second kappa shape index (κ2) is 13.5. The lowest BCUT2D eigenvalue weighted by molar-refractivity contribution is -0.135. The number of benzene rings is 2. The first-order valence-electron chi connectivity index (χ1n) is 15.5. The molecule has 242 valence electrons. The fourth-order valence-electron chi connectivity index (χ4n) is 5.54. The number of aromatic amines is 2. The SMILES string of the molecule is COC(=O)N[C@H](C(=O)N1CCC[C@H]1c1ncc(-c2ccc(-c3ccc(-c4cnc(NC(=O)NC(C)(C)C)[nH]4)cc3)cc2)[nH]1)C(C)C. The third-order valence-electron chi connectivity index (χ3n) is 7.86. The summed E-state index contributed by atoms with van der Waals surface area (Å²) in [5.41, 5.74) is 5.36. The Labute approximate surface area is 268 Å². The number of nitrogens with zero attached hydrogens (tertiary/aromatic N) is 3. The Kier molecular flexibility index (Phi) is 9.45. The van der Waals surface area contributed by atoms with E-state index in [1.807, 2.05) is 71.0 Å². The van der Waals surface area contributed by atoms with Crippen LogP contribution in [0.2, 0.25) is 0 Å². The third-order valence-corrected chi connectivity index (χ3v) is 7.86. The Morgan fingerprint density at radius 2 is 1.46 bits per heavy atom. The van der Waals surface area contributed by atoms with Crippen LogP contribution in [0.5, 0.6) is 0 Å². The molecule has 5 rings (SSSR count). The number of nitrogens with one attached hydrogen (secondary N) is 5. The number of rotatable bonds is 8. The van der Waals surface area contributed by atoms with E-state index in [-0.39, 0.29) is 29.4 Å². The van der Waals surface area contributed by atoms with Gasteiger partial charge >= 0.3 is 12.1 Å². The molecule has 2 aromatic heterocycles. The molecule has 2 aromatic carbocycles. The topological polar surface area (TPSA) is 157 Å². The number of urea groups is 1. The summed E-state index contributed by atoms with van der Waals surface area (Å²) in [7, 11) is 1.29. The molecule has 4 amide bonds. The lowest BCUT2D eigenvalue weighted by Gasteiger charge is -2.30. The van der Waals surface area contributed by atoms with Crippen LogP contribution >= 0.6 is 0 Å². The largest absolute Gasteiger partial charge is 0.453 e. The van der Waals surface area contributed by atoms with Crippen LogP contribution in [0.15, 0.2) is 60.9 Å². The summed E-state index contributed by atoms with van der Waals surface area (Å²) in [6, 6.07) is 15.1. The van der Waals surface area contributed by atoms with E-state index >= 15 is 0 Å². The summed E-state index contributed by atoms with van der Waals surface area (Å²) in [6.45, 7) is 10.1. The van der Waals surface area contributed by atoms with Crippen LogP contribution in [-0.2, 0) is 9.53 Å². The number of alkyl carbamates (subject to hydrolysis) is 1. The predicted octanol–water partition coefficient (Wildman–Crippen LogP) is 6.10. The third kappa shape index (κ3) is 7.56. The predicted molar refractivity (Wildman–Crippen MR) is 177 cm³/mol. The van der Waals surface area contributed by atoms with Gasteiger partial charge in [0.15, 0.2) is 0 Å². The van der Waals surface area contributed by atoms with Gasteiger partial charge < -0.3 is 30.2 Å². The van der Waals surface area contributed by atoms with Gasteiger partial charge in [-0.25, -0.2) is 19.6 Å². The van der Waals surface area contributed by atoms with Crippen LogP contribution in [0.1, 0.15) is 59.3 Å². The molecule has 0 saturated carbocycles. The van der Waals surface area contributed by atoms with Gasteiger partial charge in [0.2, 0.25) is 11.9 Å². The van der Waals surface area contributed by atoms with Gasteiger partial charge in [-0.3, -0.25) is 10.1 Å². The minimum atomic E-state index is -0.676. The molecule has 12 nitrogen and oxygen atoms in total. The summed E-state index contributed by atoms with van der Waals surface area (Å²) in [6.07, 6.45) is 4.52. The van der Waals surface area contributed by atoms with Crippen LogP contribution in [0.3, 0.4) is 0 Å². The minimum absolute atomic E-state index is 0.0941. The summed E-state index contributed by atoms with van der Waals surface area (Å²) in [5, 5.41) is 8.26. The zero-order valence-electron chi connectivity index (χ0n) is 27.1. The monoisotopic (exact) mass is 626 g/mol. The maximum atomic E-state index is 13.4. The lowest BCUT2D eigenvalue weighted by atomic mass is 10.0. The molecule has 0 spiro atoms. The average molecular weight is 627 g/mol. The Balaban J connectivity index is 1.24. The number of carbonyl (C=O) groups is 3. The van der Waals surface area contributed by atoms with E-state index in [4.69, 9.17) is 4.74 Å². The van der Waals surface area contributed by atoms with E-state index in [1.54, 1.807) is 17.3 Å². The van der Waals surface area contributed by atoms with Gasteiger partial charge in [0, 0.05) is 12.1 Å². The molecule has 2 atom stereocenters. The fraction of sp³-hybridized carbons (Fsp3) is 0.382. The second-order valence-corrected chi connectivity index (χ2v) is 12.9. The number of anilines is 1. The zero-order chi connectivity index (χ0) is 33.0. The summed E-state index contributed by atoms with van der Waals surface area (Å²) in [4.78, 5) is 54.8. The molecule has 0 bridgehead atoms. The van der Waals surface area contributed by atoms with E-state index in [9.17, 15) is 14.4 Å². The number of hydrogen-bond donors (Lipinski definition) is 5. The number of ether oxygens (including phenoxy) is 1. The molecule has 5 N–H and O–H groups in total. The highest BCUT2D eigenvalue weighted by Crippen LogP contribution is 2.33. The summed E-state index contributed by atoms with van der Waals surface area (Å²) < 4.78 is 4.73. The first kappa shape index (κ1) is 32.3. The first-order valence-corrected chi connectivity index (χ1v) is 15.5. The number of aromatic nitrogens is 4. The van der Waals surface area contributed by atoms with Gasteiger partial charge in [-0.15, -0.1) is 0 Å². The molecule has 1 saturated heterocycles. The highest BCUT2D eigenvalue weighted by atomic mass is 16.5. The molecule has 1 fully saturated rings. The maximum Gasteiger partial charge on any atom is 0.407 e. The number of hydrogen-bond acceptors (Lipinski definition) is 6. The number of H-pyrrole nitrogens is 2. The van der Waals surface area contributed by atoms with Crippen molar-refractivity contribution >= 4 is 24.0 Å². The number of imidazole rings is 2. The standard InChI is InChI=1S/C34H42N8O4/c1-20(2)28(39-33(45)46-6)30(43)42-17-7-8-27(42)29-35-18-25(37-29)23-13-9-21(10-14-23)22-11-15-24(16-12-22)26-19-36-31(38-26)40-32(44)41-34(3,4)5/h9-16,18-20,27-28H,7-8,17H2,1-6H3,(H,35,37)(H,39,45)(H3,36,38,40,41,44)/t27-,28-/m0/s1. The van der Waals surface area contributed by atoms with Crippen molar-refractivity contribution in [3.05, 3.63) is 66.7 Å². The van der Waals surface area contributed by atoms with Crippen molar-refractivity contribution in [2.75, 3.05) is 19.0 Å². The van der Waals surface area contributed by atoms with E-state index in [0.29, 0.717) is 12.5 Å². The average Bonchev–Trinajstić information content (AvgIpc) is 3.80.